The summed E-state index contributed by atoms with van der Waals surface area (Å²) in [5, 5.41) is 2.91. The van der Waals surface area contributed by atoms with E-state index in [1.165, 1.54) is 21.3 Å². The molecule has 7 heteroatoms. The van der Waals surface area contributed by atoms with Crippen molar-refractivity contribution in [3.8, 4) is 17.2 Å². The van der Waals surface area contributed by atoms with Crippen molar-refractivity contribution in [3.05, 3.63) is 83.4 Å². The molecule has 0 radical (unpaired) electrons. The van der Waals surface area contributed by atoms with Gasteiger partial charge in [0, 0.05) is 18.3 Å². The van der Waals surface area contributed by atoms with Crippen molar-refractivity contribution in [1.82, 2.24) is 4.90 Å². The van der Waals surface area contributed by atoms with Gasteiger partial charge in [-0.15, -0.1) is 0 Å². The van der Waals surface area contributed by atoms with Gasteiger partial charge in [0.1, 0.15) is 0 Å². The van der Waals surface area contributed by atoms with Gasteiger partial charge in [-0.25, -0.2) is 0 Å². The summed E-state index contributed by atoms with van der Waals surface area (Å²) in [4.78, 5) is 27.4. The molecule has 7 nitrogen and oxygen atoms in total. The Labute approximate surface area is 193 Å². The molecule has 0 spiro atoms. The maximum absolute atomic E-state index is 13.3. The van der Waals surface area contributed by atoms with Gasteiger partial charge in [0.2, 0.25) is 5.75 Å². The van der Waals surface area contributed by atoms with Crippen molar-refractivity contribution in [2.75, 3.05) is 33.7 Å². The van der Waals surface area contributed by atoms with Crippen LogP contribution in [0.4, 0.5) is 5.69 Å². The highest BCUT2D eigenvalue weighted by Gasteiger charge is 2.26. The van der Waals surface area contributed by atoms with Crippen molar-refractivity contribution >= 4 is 17.5 Å². The Morgan fingerprint density at radius 3 is 2.18 bits per heavy atom. The first kappa shape index (κ1) is 23.7. The van der Waals surface area contributed by atoms with Crippen molar-refractivity contribution in [1.29, 1.82) is 0 Å². The third-order valence-electron chi connectivity index (χ3n) is 5.50. The van der Waals surface area contributed by atoms with Crippen molar-refractivity contribution < 1.29 is 23.8 Å². The molecule has 1 atom stereocenters. The van der Waals surface area contributed by atoms with Crippen LogP contribution >= 0.6 is 0 Å². The molecular formula is C26H28N2O5. The molecule has 0 aliphatic carbocycles. The lowest BCUT2D eigenvalue weighted by Crippen LogP contribution is -2.30. The zero-order valence-corrected chi connectivity index (χ0v) is 19.4. The van der Waals surface area contributed by atoms with Gasteiger partial charge in [-0.3, -0.25) is 9.59 Å². The molecule has 0 heterocycles. The molecule has 3 rings (SSSR count). The Hall–Kier alpha value is -4.00. The van der Waals surface area contributed by atoms with Gasteiger partial charge in [-0.05, 0) is 48.9 Å². The molecule has 2 amide bonds. The third kappa shape index (κ3) is 5.09. The van der Waals surface area contributed by atoms with Gasteiger partial charge in [0.25, 0.3) is 11.8 Å². The van der Waals surface area contributed by atoms with Crippen LogP contribution in [0.1, 0.15) is 39.2 Å². The molecule has 172 valence electrons. The number of ether oxygens (including phenoxy) is 3. The third-order valence-corrected chi connectivity index (χ3v) is 5.50. The Morgan fingerprint density at radius 1 is 0.848 bits per heavy atom. The minimum atomic E-state index is -0.274. The summed E-state index contributed by atoms with van der Waals surface area (Å²) in [6.45, 7) is 1.92. The lowest BCUT2D eigenvalue weighted by Gasteiger charge is -2.27. The van der Waals surface area contributed by atoms with E-state index in [-0.39, 0.29) is 17.9 Å². The number of nitrogens with zero attached hydrogens (tertiary/aromatic N) is 1. The molecule has 1 N–H and O–H groups in total. The van der Waals surface area contributed by atoms with E-state index < -0.39 is 0 Å². The normalized spacial score (nSPS) is 11.3. The zero-order chi connectivity index (χ0) is 24.0. The average Bonchev–Trinajstić information content (AvgIpc) is 2.86. The first-order valence-electron chi connectivity index (χ1n) is 10.4. The molecule has 0 saturated heterocycles. The average molecular weight is 449 g/mol. The van der Waals surface area contributed by atoms with E-state index in [1.807, 2.05) is 49.4 Å². The van der Waals surface area contributed by atoms with E-state index in [0.717, 1.165) is 5.56 Å². The second-order valence-electron chi connectivity index (χ2n) is 7.42. The zero-order valence-electron chi connectivity index (χ0n) is 19.4. The number of benzene rings is 3. The first-order chi connectivity index (χ1) is 15.9. The van der Waals surface area contributed by atoms with Crippen LogP contribution in [-0.2, 0) is 0 Å². The summed E-state index contributed by atoms with van der Waals surface area (Å²) >= 11 is 0. The predicted molar refractivity (Wildman–Crippen MR) is 127 cm³/mol. The number of hydrogen-bond acceptors (Lipinski definition) is 5. The van der Waals surface area contributed by atoms with Crippen LogP contribution in [0.25, 0.3) is 0 Å². The maximum Gasteiger partial charge on any atom is 0.258 e. The van der Waals surface area contributed by atoms with Gasteiger partial charge in [0.15, 0.2) is 11.5 Å². The van der Waals surface area contributed by atoms with Crippen molar-refractivity contribution in [2.24, 2.45) is 0 Å². The minimum absolute atomic E-state index is 0.195. The fourth-order valence-corrected chi connectivity index (χ4v) is 3.53. The van der Waals surface area contributed by atoms with Crippen molar-refractivity contribution in [3.63, 3.8) is 0 Å². The molecule has 0 aliphatic heterocycles. The van der Waals surface area contributed by atoms with Crippen LogP contribution in [0.15, 0.2) is 66.7 Å². The summed E-state index contributed by atoms with van der Waals surface area (Å²) in [6, 6.07) is 19.5. The molecule has 33 heavy (non-hydrogen) atoms. The molecule has 0 unspecified atom stereocenters. The second kappa shape index (κ2) is 10.5. The summed E-state index contributed by atoms with van der Waals surface area (Å²) in [5.74, 6) is 0.713. The molecule has 0 bridgehead atoms. The molecular weight excluding hydrogens is 420 g/mol. The van der Waals surface area contributed by atoms with E-state index >= 15 is 0 Å². The summed E-state index contributed by atoms with van der Waals surface area (Å²) in [7, 11) is 6.22. The van der Waals surface area contributed by atoms with Crippen LogP contribution in [0, 0.1) is 0 Å². The largest absolute Gasteiger partial charge is 0.493 e. The van der Waals surface area contributed by atoms with E-state index in [9.17, 15) is 9.59 Å². The Balaban J connectivity index is 1.83. The lowest BCUT2D eigenvalue weighted by atomic mass is 10.0. The number of hydrogen-bond donors (Lipinski definition) is 1. The highest BCUT2D eigenvalue weighted by molar-refractivity contribution is 6.04. The molecule has 0 aromatic heterocycles. The Morgan fingerprint density at radius 2 is 1.55 bits per heavy atom. The second-order valence-corrected chi connectivity index (χ2v) is 7.42. The van der Waals surface area contributed by atoms with E-state index in [0.29, 0.717) is 34.1 Å². The lowest BCUT2D eigenvalue weighted by molar-refractivity contribution is 0.0738. The fraction of sp³-hybridized carbons (Fsp3) is 0.231. The van der Waals surface area contributed by atoms with Crippen LogP contribution in [0.5, 0.6) is 17.2 Å². The standard InChI is InChI=1S/C26H28N2O5/c1-17(19-12-9-13-20(16-19)27-25(29)18-10-7-6-8-11-18)28(2)26(30)21-14-15-22(31-3)24(33-5)23(21)32-4/h6-17H,1-5H3,(H,27,29)/t17-/m0/s1. The first-order valence-corrected chi connectivity index (χ1v) is 10.4. The number of methoxy groups -OCH3 is 3. The molecule has 0 saturated carbocycles. The monoisotopic (exact) mass is 448 g/mol. The summed E-state index contributed by atoms with van der Waals surface area (Å²) in [6.07, 6.45) is 0. The highest BCUT2D eigenvalue weighted by Crippen LogP contribution is 2.40. The van der Waals surface area contributed by atoms with Crippen LogP contribution < -0.4 is 19.5 Å². The van der Waals surface area contributed by atoms with E-state index in [2.05, 4.69) is 5.32 Å². The number of rotatable bonds is 8. The van der Waals surface area contributed by atoms with Crippen molar-refractivity contribution in [2.45, 2.75) is 13.0 Å². The fourth-order valence-electron chi connectivity index (χ4n) is 3.53. The number of anilines is 1. The van der Waals surface area contributed by atoms with E-state index in [4.69, 9.17) is 14.2 Å². The molecule has 3 aromatic carbocycles. The van der Waals surface area contributed by atoms with Crippen LogP contribution in [0.2, 0.25) is 0 Å². The SMILES string of the molecule is COc1ccc(C(=O)N(C)[C@@H](C)c2cccc(NC(=O)c3ccccc3)c2)c(OC)c1OC. The quantitative estimate of drug-likeness (QED) is 0.536. The molecule has 3 aromatic rings. The van der Waals surface area contributed by atoms with Gasteiger partial charge in [0.05, 0.1) is 32.9 Å². The van der Waals surface area contributed by atoms with Crippen LogP contribution in [-0.4, -0.2) is 45.1 Å². The van der Waals surface area contributed by atoms with Crippen LogP contribution in [0.3, 0.4) is 0 Å². The smallest absolute Gasteiger partial charge is 0.258 e. The van der Waals surface area contributed by atoms with Gasteiger partial charge in [-0.1, -0.05) is 30.3 Å². The topological polar surface area (TPSA) is 77.1 Å². The van der Waals surface area contributed by atoms with Gasteiger partial charge >= 0.3 is 0 Å². The molecule has 0 fully saturated rings. The number of amides is 2. The Bertz CT molecular complexity index is 1130. The number of carbonyl (C=O) groups is 2. The Kier molecular flexibility index (Phi) is 7.56. The summed E-state index contributed by atoms with van der Waals surface area (Å²) < 4.78 is 16.2. The van der Waals surface area contributed by atoms with E-state index in [1.54, 1.807) is 36.2 Å². The molecule has 0 aliphatic rings. The predicted octanol–water partition coefficient (Wildman–Crippen LogP) is 4.80. The summed E-state index contributed by atoms with van der Waals surface area (Å²) in [5.41, 5.74) is 2.45. The van der Waals surface area contributed by atoms with Gasteiger partial charge < -0.3 is 24.4 Å². The van der Waals surface area contributed by atoms with Gasteiger partial charge in [-0.2, -0.15) is 0 Å². The minimum Gasteiger partial charge on any atom is -0.493 e. The maximum atomic E-state index is 13.3. The number of carbonyl (C=O) groups excluding carboxylic acids is 2. The number of nitrogens with one attached hydrogen (secondary N) is 1. The highest BCUT2D eigenvalue weighted by atomic mass is 16.5.